The van der Waals surface area contributed by atoms with E-state index in [2.05, 4.69) is 6.92 Å². The van der Waals surface area contributed by atoms with Crippen LogP contribution in [-0.2, 0) is 17.9 Å². The molecule has 0 aliphatic rings. The van der Waals surface area contributed by atoms with Gasteiger partial charge in [0.15, 0.2) is 0 Å². The van der Waals surface area contributed by atoms with Gasteiger partial charge in [0.25, 0.3) is 0 Å². The summed E-state index contributed by atoms with van der Waals surface area (Å²) in [4.78, 5) is 11.9. The first-order valence-corrected chi connectivity index (χ1v) is 6.66. The SMILES string of the molecule is CCCCn1ccc(C(=O)OCc2ccccc2)c1. The number of unbranched alkanes of at least 4 members (excludes halogenated alkanes) is 1. The standard InChI is InChI=1S/C16H19NO2/c1-2-3-10-17-11-9-15(12-17)16(18)19-13-14-7-5-4-6-8-14/h4-9,11-12H,2-3,10,13H2,1H3. The summed E-state index contributed by atoms with van der Waals surface area (Å²) < 4.78 is 7.31. The molecular weight excluding hydrogens is 238 g/mol. The molecule has 0 unspecified atom stereocenters. The molecule has 1 heterocycles. The Morgan fingerprint density at radius 2 is 2.00 bits per heavy atom. The molecule has 0 N–H and O–H groups in total. The van der Waals surface area contributed by atoms with Crippen LogP contribution in [0, 0.1) is 0 Å². The fraction of sp³-hybridized carbons (Fsp3) is 0.312. The second-order valence-corrected chi connectivity index (χ2v) is 4.55. The zero-order valence-electron chi connectivity index (χ0n) is 11.2. The molecule has 0 fully saturated rings. The molecule has 3 heteroatoms. The van der Waals surface area contributed by atoms with E-state index in [1.807, 2.05) is 53.4 Å². The second-order valence-electron chi connectivity index (χ2n) is 4.55. The normalized spacial score (nSPS) is 10.4. The number of esters is 1. The highest BCUT2D eigenvalue weighted by Gasteiger charge is 2.08. The molecule has 0 aliphatic carbocycles. The van der Waals surface area contributed by atoms with Crippen molar-refractivity contribution in [1.82, 2.24) is 4.57 Å². The van der Waals surface area contributed by atoms with Crippen LogP contribution in [0.1, 0.15) is 35.7 Å². The minimum Gasteiger partial charge on any atom is -0.457 e. The van der Waals surface area contributed by atoms with Gasteiger partial charge in [-0.3, -0.25) is 0 Å². The Morgan fingerprint density at radius 1 is 1.21 bits per heavy atom. The molecule has 0 radical (unpaired) electrons. The minimum absolute atomic E-state index is 0.265. The number of carbonyl (C=O) groups excluding carboxylic acids is 1. The molecule has 100 valence electrons. The molecule has 0 saturated carbocycles. The van der Waals surface area contributed by atoms with E-state index in [9.17, 15) is 4.79 Å². The fourth-order valence-electron chi connectivity index (χ4n) is 1.85. The number of hydrogen-bond acceptors (Lipinski definition) is 2. The maximum Gasteiger partial charge on any atom is 0.340 e. The van der Waals surface area contributed by atoms with Crippen molar-refractivity contribution >= 4 is 5.97 Å². The molecule has 3 nitrogen and oxygen atoms in total. The molecule has 0 saturated heterocycles. The quantitative estimate of drug-likeness (QED) is 0.740. The summed E-state index contributed by atoms with van der Waals surface area (Å²) in [6.45, 7) is 3.42. The zero-order valence-corrected chi connectivity index (χ0v) is 11.2. The summed E-state index contributed by atoms with van der Waals surface area (Å²) in [5.74, 6) is -0.265. The van der Waals surface area contributed by atoms with Crippen LogP contribution in [0.15, 0.2) is 48.8 Å². The van der Waals surface area contributed by atoms with Gasteiger partial charge in [-0.25, -0.2) is 4.79 Å². The van der Waals surface area contributed by atoms with E-state index in [0.29, 0.717) is 12.2 Å². The van der Waals surface area contributed by atoms with Gasteiger partial charge in [-0.15, -0.1) is 0 Å². The molecule has 0 bridgehead atoms. The number of nitrogens with zero attached hydrogens (tertiary/aromatic N) is 1. The van der Waals surface area contributed by atoms with Crippen LogP contribution in [0.25, 0.3) is 0 Å². The average Bonchev–Trinajstić information content (AvgIpc) is 2.92. The highest BCUT2D eigenvalue weighted by Crippen LogP contribution is 2.08. The van der Waals surface area contributed by atoms with Crippen LogP contribution < -0.4 is 0 Å². The van der Waals surface area contributed by atoms with Gasteiger partial charge < -0.3 is 9.30 Å². The van der Waals surface area contributed by atoms with Crippen LogP contribution in [0.5, 0.6) is 0 Å². The number of ether oxygens (including phenoxy) is 1. The number of carbonyl (C=O) groups is 1. The van der Waals surface area contributed by atoms with E-state index >= 15 is 0 Å². The molecule has 2 aromatic rings. The second kappa shape index (κ2) is 6.78. The van der Waals surface area contributed by atoms with E-state index < -0.39 is 0 Å². The van der Waals surface area contributed by atoms with Crippen LogP contribution in [0.3, 0.4) is 0 Å². The van der Waals surface area contributed by atoms with Gasteiger partial charge in [-0.2, -0.15) is 0 Å². The lowest BCUT2D eigenvalue weighted by Crippen LogP contribution is -2.04. The summed E-state index contributed by atoms with van der Waals surface area (Å²) in [6.07, 6.45) is 6.04. The summed E-state index contributed by atoms with van der Waals surface area (Å²) in [6, 6.07) is 11.5. The van der Waals surface area contributed by atoms with E-state index in [1.165, 1.54) is 0 Å². The van der Waals surface area contributed by atoms with Gasteiger partial charge in [0, 0.05) is 18.9 Å². The fourth-order valence-corrected chi connectivity index (χ4v) is 1.85. The smallest absolute Gasteiger partial charge is 0.340 e. The number of hydrogen-bond donors (Lipinski definition) is 0. The van der Waals surface area contributed by atoms with Crippen molar-refractivity contribution in [2.75, 3.05) is 0 Å². The third-order valence-electron chi connectivity index (χ3n) is 2.97. The summed E-state index contributed by atoms with van der Waals surface area (Å²) in [7, 11) is 0. The van der Waals surface area contributed by atoms with Gasteiger partial charge in [0.2, 0.25) is 0 Å². The Balaban J connectivity index is 1.87. The minimum atomic E-state index is -0.265. The highest BCUT2D eigenvalue weighted by molar-refractivity contribution is 5.89. The van der Waals surface area contributed by atoms with Gasteiger partial charge in [0.1, 0.15) is 6.61 Å². The first-order chi connectivity index (χ1) is 9.29. The molecular formula is C16H19NO2. The lowest BCUT2D eigenvalue weighted by molar-refractivity contribution is 0.0472. The number of aromatic nitrogens is 1. The number of benzene rings is 1. The third-order valence-corrected chi connectivity index (χ3v) is 2.97. The molecule has 2 rings (SSSR count). The Morgan fingerprint density at radius 3 is 2.74 bits per heavy atom. The largest absolute Gasteiger partial charge is 0.457 e. The lowest BCUT2D eigenvalue weighted by Gasteiger charge is -2.03. The van der Waals surface area contributed by atoms with Crippen molar-refractivity contribution < 1.29 is 9.53 Å². The Hall–Kier alpha value is -2.03. The van der Waals surface area contributed by atoms with Crippen molar-refractivity contribution in [3.05, 3.63) is 59.9 Å². The van der Waals surface area contributed by atoms with Crippen LogP contribution in [0.2, 0.25) is 0 Å². The summed E-state index contributed by atoms with van der Waals surface area (Å²) in [5.41, 5.74) is 1.62. The molecule has 19 heavy (non-hydrogen) atoms. The molecule has 0 spiro atoms. The van der Waals surface area contributed by atoms with Gasteiger partial charge in [-0.05, 0) is 18.1 Å². The maximum atomic E-state index is 11.9. The van der Waals surface area contributed by atoms with Crippen molar-refractivity contribution in [2.24, 2.45) is 0 Å². The number of aryl methyl sites for hydroxylation is 1. The average molecular weight is 257 g/mol. The van der Waals surface area contributed by atoms with Crippen molar-refractivity contribution in [3.8, 4) is 0 Å². The van der Waals surface area contributed by atoms with E-state index in [4.69, 9.17) is 4.74 Å². The first-order valence-electron chi connectivity index (χ1n) is 6.66. The Labute approximate surface area is 113 Å². The van der Waals surface area contributed by atoms with Gasteiger partial charge in [0.05, 0.1) is 5.56 Å². The number of rotatable bonds is 6. The lowest BCUT2D eigenvalue weighted by atomic mass is 10.2. The van der Waals surface area contributed by atoms with Crippen LogP contribution in [0.4, 0.5) is 0 Å². The predicted octanol–water partition coefficient (Wildman–Crippen LogP) is 3.65. The zero-order chi connectivity index (χ0) is 13.5. The van der Waals surface area contributed by atoms with E-state index in [-0.39, 0.29) is 5.97 Å². The van der Waals surface area contributed by atoms with Crippen molar-refractivity contribution in [1.29, 1.82) is 0 Å². The van der Waals surface area contributed by atoms with E-state index in [0.717, 1.165) is 24.9 Å². The molecule has 0 atom stereocenters. The van der Waals surface area contributed by atoms with Crippen molar-refractivity contribution in [3.63, 3.8) is 0 Å². The highest BCUT2D eigenvalue weighted by atomic mass is 16.5. The third kappa shape index (κ3) is 3.98. The van der Waals surface area contributed by atoms with Gasteiger partial charge in [-0.1, -0.05) is 43.7 Å². The molecule has 1 aromatic carbocycles. The topological polar surface area (TPSA) is 31.2 Å². The predicted molar refractivity (Wildman–Crippen MR) is 74.9 cm³/mol. The van der Waals surface area contributed by atoms with Crippen LogP contribution >= 0.6 is 0 Å². The summed E-state index contributed by atoms with van der Waals surface area (Å²) >= 11 is 0. The Kier molecular flexibility index (Phi) is 4.78. The maximum absolute atomic E-state index is 11.9. The van der Waals surface area contributed by atoms with E-state index in [1.54, 1.807) is 0 Å². The first kappa shape index (κ1) is 13.4. The molecule has 1 aromatic heterocycles. The van der Waals surface area contributed by atoms with Gasteiger partial charge >= 0.3 is 5.97 Å². The molecule has 0 amide bonds. The monoisotopic (exact) mass is 257 g/mol. The van der Waals surface area contributed by atoms with Crippen molar-refractivity contribution in [2.45, 2.75) is 32.9 Å². The van der Waals surface area contributed by atoms with Crippen LogP contribution in [-0.4, -0.2) is 10.5 Å². The summed E-state index contributed by atoms with van der Waals surface area (Å²) in [5, 5.41) is 0. The molecule has 0 aliphatic heterocycles. The Bertz CT molecular complexity index is 517.